The van der Waals surface area contributed by atoms with Crippen molar-refractivity contribution in [2.75, 3.05) is 0 Å². The molecule has 2 aliphatic rings. The Kier molecular flexibility index (Phi) is 5.26. The van der Waals surface area contributed by atoms with Gasteiger partial charge in [0, 0.05) is 24.3 Å². The molecule has 0 radical (unpaired) electrons. The van der Waals surface area contributed by atoms with Gasteiger partial charge in [0.2, 0.25) is 0 Å². The van der Waals surface area contributed by atoms with Crippen molar-refractivity contribution in [1.29, 1.82) is 0 Å². The zero-order valence-corrected chi connectivity index (χ0v) is 13.6. The van der Waals surface area contributed by atoms with E-state index in [1.165, 1.54) is 0 Å². The number of ether oxygens (including phenoxy) is 1. The molecule has 0 N–H and O–H groups in total. The molecular weight excluding hydrogens is 332 g/mol. The second-order valence-electron chi connectivity index (χ2n) is 5.35. The van der Waals surface area contributed by atoms with E-state index < -0.39 is 47.7 Å². The van der Waals surface area contributed by atoms with Crippen LogP contribution in [0.2, 0.25) is 0 Å². The van der Waals surface area contributed by atoms with Crippen molar-refractivity contribution < 1.29 is 33.5 Å². The number of rotatable bonds is 6. The summed E-state index contributed by atoms with van der Waals surface area (Å²) in [6, 6.07) is -2.53. The van der Waals surface area contributed by atoms with Crippen LogP contribution in [0.1, 0.15) is 26.7 Å². The van der Waals surface area contributed by atoms with Crippen molar-refractivity contribution in [2.24, 2.45) is 0 Å². The highest BCUT2D eigenvalue weighted by molar-refractivity contribution is 6.16. The Morgan fingerprint density at radius 3 is 1.28 bits per heavy atom. The second kappa shape index (κ2) is 7.20. The molecular formula is C16H16N2O7. The normalized spacial score (nSPS) is 19.0. The van der Waals surface area contributed by atoms with Crippen LogP contribution >= 0.6 is 0 Å². The van der Waals surface area contributed by atoms with E-state index in [1.54, 1.807) is 13.8 Å². The maximum atomic E-state index is 12.2. The largest absolute Gasteiger partial charge is 0.390 e. The Hall–Kier alpha value is -3.10. The van der Waals surface area contributed by atoms with Gasteiger partial charge < -0.3 is 4.74 Å². The van der Waals surface area contributed by atoms with Crippen LogP contribution in [0.5, 0.6) is 0 Å². The molecule has 0 aromatic heterocycles. The third-order valence-electron chi connectivity index (χ3n) is 3.83. The average Bonchev–Trinajstić information content (AvgIpc) is 3.06. The lowest BCUT2D eigenvalue weighted by Gasteiger charge is -2.26. The molecule has 2 aliphatic heterocycles. The molecule has 132 valence electrons. The highest BCUT2D eigenvalue weighted by atomic mass is 16.6. The van der Waals surface area contributed by atoms with Crippen molar-refractivity contribution in [3.8, 4) is 0 Å². The van der Waals surface area contributed by atoms with Gasteiger partial charge in [-0.2, -0.15) is 0 Å². The number of imide groups is 2. The Balaban J connectivity index is 2.11. The lowest BCUT2D eigenvalue weighted by atomic mass is 10.1. The van der Waals surface area contributed by atoms with Crippen molar-refractivity contribution in [1.82, 2.24) is 9.80 Å². The van der Waals surface area contributed by atoms with Crippen molar-refractivity contribution in [3.63, 3.8) is 0 Å². The Labute approximate surface area is 142 Å². The van der Waals surface area contributed by atoms with Gasteiger partial charge in [0.05, 0.1) is 0 Å². The van der Waals surface area contributed by atoms with Gasteiger partial charge in [-0.1, -0.05) is 13.8 Å². The lowest BCUT2D eigenvalue weighted by Crippen LogP contribution is -2.49. The summed E-state index contributed by atoms with van der Waals surface area (Å²) in [6.45, 7) is 3.09. The van der Waals surface area contributed by atoms with Crippen molar-refractivity contribution in [2.45, 2.75) is 38.8 Å². The van der Waals surface area contributed by atoms with Crippen LogP contribution in [0.3, 0.4) is 0 Å². The van der Waals surface area contributed by atoms with E-state index in [0.29, 0.717) is 9.80 Å². The summed E-state index contributed by atoms with van der Waals surface area (Å²) in [5.41, 5.74) is 0. The molecule has 0 aromatic carbocycles. The van der Waals surface area contributed by atoms with Crippen LogP contribution in [0, 0.1) is 0 Å². The van der Waals surface area contributed by atoms with Crippen LogP contribution in [0.4, 0.5) is 0 Å². The van der Waals surface area contributed by atoms with E-state index in [1.807, 2.05) is 0 Å². The quantitative estimate of drug-likeness (QED) is 0.359. The molecule has 0 saturated heterocycles. The van der Waals surface area contributed by atoms with Crippen LogP contribution in [-0.2, 0) is 33.5 Å². The van der Waals surface area contributed by atoms with Gasteiger partial charge in [0.15, 0.2) is 0 Å². The van der Waals surface area contributed by atoms with E-state index in [0.717, 1.165) is 24.3 Å². The zero-order valence-electron chi connectivity index (χ0n) is 13.6. The number of carbonyl (C=O) groups is 6. The minimum absolute atomic E-state index is 0.0468. The monoisotopic (exact) mass is 348 g/mol. The summed E-state index contributed by atoms with van der Waals surface area (Å²) in [5.74, 6) is -4.90. The Morgan fingerprint density at radius 2 is 1.04 bits per heavy atom. The third-order valence-corrected chi connectivity index (χ3v) is 3.83. The predicted octanol–water partition coefficient (Wildman–Crippen LogP) is -0.537. The summed E-state index contributed by atoms with van der Waals surface area (Å²) < 4.78 is 4.75. The molecule has 0 fully saturated rings. The lowest BCUT2D eigenvalue weighted by molar-refractivity contribution is -0.172. The maximum Gasteiger partial charge on any atom is 0.337 e. The highest BCUT2D eigenvalue weighted by Crippen LogP contribution is 2.17. The number of nitrogens with zero attached hydrogens (tertiary/aromatic N) is 2. The fourth-order valence-corrected chi connectivity index (χ4v) is 2.58. The van der Waals surface area contributed by atoms with Gasteiger partial charge in [-0.15, -0.1) is 0 Å². The first-order chi connectivity index (χ1) is 11.8. The van der Waals surface area contributed by atoms with E-state index in [4.69, 9.17) is 4.74 Å². The fourth-order valence-electron chi connectivity index (χ4n) is 2.58. The van der Waals surface area contributed by atoms with Crippen LogP contribution < -0.4 is 0 Å². The fraction of sp³-hybridized carbons (Fsp3) is 0.375. The summed E-state index contributed by atoms with van der Waals surface area (Å²) in [4.78, 5) is 72.6. The SMILES string of the molecule is CCC(C(=O)OC(=O)C(CC)N1C(=O)C=CC1=O)N1C(=O)C=CC1=O. The third kappa shape index (κ3) is 3.39. The standard InChI is InChI=1S/C16H16N2O7/c1-3-9(17-11(19)5-6-12(17)20)15(23)25-16(24)10(4-2)18-13(21)7-8-14(18)22/h5-10H,3-4H2,1-2H3. The van der Waals surface area contributed by atoms with Gasteiger partial charge >= 0.3 is 11.9 Å². The van der Waals surface area contributed by atoms with Crippen molar-refractivity contribution in [3.05, 3.63) is 24.3 Å². The highest BCUT2D eigenvalue weighted by Gasteiger charge is 2.40. The molecule has 2 heterocycles. The first-order valence-corrected chi connectivity index (χ1v) is 7.67. The zero-order chi connectivity index (χ0) is 18.7. The molecule has 0 aromatic rings. The molecule has 0 spiro atoms. The molecule has 9 nitrogen and oxygen atoms in total. The number of hydrogen-bond donors (Lipinski definition) is 0. The van der Waals surface area contributed by atoms with E-state index in [2.05, 4.69) is 0 Å². The second-order valence-corrected chi connectivity index (χ2v) is 5.35. The molecule has 0 saturated carbocycles. The summed E-state index contributed by atoms with van der Waals surface area (Å²) in [7, 11) is 0. The minimum Gasteiger partial charge on any atom is -0.390 e. The molecule has 2 unspecified atom stereocenters. The molecule has 2 rings (SSSR count). The van der Waals surface area contributed by atoms with Gasteiger partial charge in [0.1, 0.15) is 12.1 Å². The van der Waals surface area contributed by atoms with E-state index in [-0.39, 0.29) is 12.8 Å². The average molecular weight is 348 g/mol. The molecule has 9 heteroatoms. The predicted molar refractivity (Wildman–Crippen MR) is 81.2 cm³/mol. The van der Waals surface area contributed by atoms with Crippen molar-refractivity contribution >= 4 is 35.6 Å². The van der Waals surface area contributed by atoms with E-state index in [9.17, 15) is 28.8 Å². The maximum absolute atomic E-state index is 12.2. The van der Waals surface area contributed by atoms with Gasteiger partial charge in [-0.3, -0.25) is 29.0 Å². The smallest absolute Gasteiger partial charge is 0.337 e. The Morgan fingerprint density at radius 1 is 0.760 bits per heavy atom. The summed E-state index contributed by atoms with van der Waals surface area (Å²) in [5, 5.41) is 0. The molecule has 25 heavy (non-hydrogen) atoms. The number of esters is 2. The summed E-state index contributed by atoms with van der Waals surface area (Å²) >= 11 is 0. The molecule has 2 atom stereocenters. The first kappa shape index (κ1) is 18.2. The number of amides is 4. The summed E-state index contributed by atoms with van der Waals surface area (Å²) in [6.07, 6.45) is 4.16. The number of hydrogen-bond acceptors (Lipinski definition) is 7. The minimum atomic E-state index is -1.26. The van der Waals surface area contributed by atoms with Gasteiger partial charge in [-0.05, 0) is 12.8 Å². The molecule has 4 amide bonds. The van der Waals surface area contributed by atoms with Gasteiger partial charge in [0.25, 0.3) is 23.6 Å². The van der Waals surface area contributed by atoms with Crippen LogP contribution in [0.25, 0.3) is 0 Å². The Bertz CT molecular complexity index is 626. The first-order valence-electron chi connectivity index (χ1n) is 7.67. The van der Waals surface area contributed by atoms with Crippen LogP contribution in [0.15, 0.2) is 24.3 Å². The topological polar surface area (TPSA) is 118 Å². The van der Waals surface area contributed by atoms with Gasteiger partial charge in [-0.25, -0.2) is 9.59 Å². The van der Waals surface area contributed by atoms with E-state index >= 15 is 0 Å². The number of carbonyl (C=O) groups excluding carboxylic acids is 6. The molecule has 0 aliphatic carbocycles. The molecule has 0 bridgehead atoms. The van der Waals surface area contributed by atoms with Crippen LogP contribution in [-0.4, -0.2) is 57.5 Å².